The normalized spacial score (nSPS) is 19.3. The van der Waals surface area contributed by atoms with Crippen LogP contribution in [-0.2, 0) is 9.53 Å². The van der Waals surface area contributed by atoms with E-state index < -0.39 is 0 Å². The van der Waals surface area contributed by atoms with E-state index >= 15 is 0 Å². The molecular formula is C19H29N3O3S. The number of thiocarbonyl (C=S) groups is 1. The summed E-state index contributed by atoms with van der Waals surface area (Å²) in [6, 6.07) is 7.95. The first kappa shape index (κ1) is 20.5. The van der Waals surface area contributed by atoms with Gasteiger partial charge in [0.25, 0.3) is 0 Å². The highest BCUT2D eigenvalue weighted by Crippen LogP contribution is 2.33. The third-order valence-electron chi connectivity index (χ3n) is 4.64. The van der Waals surface area contributed by atoms with Crippen molar-refractivity contribution in [1.82, 2.24) is 15.5 Å². The van der Waals surface area contributed by atoms with Crippen LogP contribution in [0.15, 0.2) is 24.3 Å². The van der Waals surface area contributed by atoms with Gasteiger partial charge in [0.2, 0.25) is 5.91 Å². The van der Waals surface area contributed by atoms with E-state index in [-0.39, 0.29) is 17.7 Å². The Hall–Kier alpha value is -1.86. The number of carbonyl (C=O) groups is 1. The van der Waals surface area contributed by atoms with Crippen LogP contribution in [0.2, 0.25) is 0 Å². The third-order valence-corrected chi connectivity index (χ3v) is 5.04. The maximum absolute atomic E-state index is 12.8. The van der Waals surface area contributed by atoms with Crippen molar-refractivity contribution in [2.75, 3.05) is 47.0 Å². The first-order valence-electron chi connectivity index (χ1n) is 9.04. The summed E-state index contributed by atoms with van der Waals surface area (Å²) in [4.78, 5) is 14.9. The molecule has 1 aromatic carbocycles. The van der Waals surface area contributed by atoms with Crippen molar-refractivity contribution in [3.05, 3.63) is 29.8 Å². The van der Waals surface area contributed by atoms with Crippen LogP contribution in [0.1, 0.15) is 24.8 Å². The summed E-state index contributed by atoms with van der Waals surface area (Å²) >= 11 is 5.46. The smallest absolute Gasteiger partial charge is 0.225 e. The molecule has 1 fully saturated rings. The molecule has 1 heterocycles. The molecule has 1 saturated heterocycles. The molecule has 0 spiro atoms. The zero-order chi connectivity index (χ0) is 18.9. The topological polar surface area (TPSA) is 62.8 Å². The molecule has 144 valence electrons. The summed E-state index contributed by atoms with van der Waals surface area (Å²) in [5.41, 5.74) is 1.13. The van der Waals surface area contributed by atoms with E-state index in [1.54, 1.807) is 14.2 Å². The molecule has 26 heavy (non-hydrogen) atoms. The Balaban J connectivity index is 2.11. The van der Waals surface area contributed by atoms with Gasteiger partial charge >= 0.3 is 0 Å². The second-order valence-electron chi connectivity index (χ2n) is 6.36. The summed E-state index contributed by atoms with van der Waals surface area (Å²) in [5.74, 6) is 0.846. The van der Waals surface area contributed by atoms with Crippen LogP contribution in [0.3, 0.4) is 0 Å². The van der Waals surface area contributed by atoms with Crippen LogP contribution in [0.5, 0.6) is 5.75 Å². The van der Waals surface area contributed by atoms with E-state index in [1.807, 2.05) is 31.2 Å². The lowest BCUT2D eigenvalue weighted by atomic mass is 9.88. The second-order valence-corrected chi connectivity index (χ2v) is 6.75. The van der Waals surface area contributed by atoms with Crippen molar-refractivity contribution in [3.63, 3.8) is 0 Å². The maximum Gasteiger partial charge on any atom is 0.225 e. The van der Waals surface area contributed by atoms with Crippen molar-refractivity contribution < 1.29 is 14.3 Å². The molecule has 0 saturated carbocycles. The molecule has 0 unspecified atom stereocenters. The summed E-state index contributed by atoms with van der Waals surface area (Å²) in [6.07, 6.45) is 0.807. The number of likely N-dealkylation sites (tertiary alicyclic amines) is 1. The van der Waals surface area contributed by atoms with E-state index in [1.165, 1.54) is 0 Å². The van der Waals surface area contributed by atoms with Crippen LogP contribution in [-0.4, -0.2) is 62.9 Å². The molecule has 1 aliphatic heterocycles. The summed E-state index contributed by atoms with van der Waals surface area (Å²) in [7, 11) is 3.31. The minimum Gasteiger partial charge on any atom is -0.497 e. The highest BCUT2D eigenvalue weighted by atomic mass is 32.1. The highest BCUT2D eigenvalue weighted by Gasteiger charge is 2.39. The lowest BCUT2D eigenvalue weighted by molar-refractivity contribution is -0.124. The van der Waals surface area contributed by atoms with Crippen LogP contribution in [0, 0.1) is 5.92 Å². The number of hydrogen-bond acceptors (Lipinski definition) is 4. The van der Waals surface area contributed by atoms with Gasteiger partial charge in [-0.1, -0.05) is 12.1 Å². The Bertz CT molecular complexity index is 594. The Labute approximate surface area is 161 Å². The van der Waals surface area contributed by atoms with E-state index in [9.17, 15) is 4.79 Å². The largest absolute Gasteiger partial charge is 0.497 e. The van der Waals surface area contributed by atoms with E-state index in [2.05, 4.69) is 15.5 Å². The van der Waals surface area contributed by atoms with Gasteiger partial charge in [0.15, 0.2) is 5.11 Å². The fourth-order valence-corrected chi connectivity index (χ4v) is 3.54. The number of methoxy groups -OCH3 is 2. The third kappa shape index (κ3) is 5.32. The molecule has 1 amide bonds. The van der Waals surface area contributed by atoms with Crippen molar-refractivity contribution in [3.8, 4) is 5.75 Å². The van der Waals surface area contributed by atoms with Crippen LogP contribution >= 0.6 is 12.2 Å². The molecule has 1 aromatic rings. The Morgan fingerprint density at radius 2 is 1.96 bits per heavy atom. The molecule has 0 bridgehead atoms. The number of ether oxygens (including phenoxy) is 2. The van der Waals surface area contributed by atoms with Crippen molar-refractivity contribution in [2.45, 2.75) is 19.3 Å². The van der Waals surface area contributed by atoms with Crippen molar-refractivity contribution >= 4 is 23.2 Å². The SMILES string of the molecule is CCNC(=S)N1C[C@@H](C(=O)NCCCOC)[C@H](c2ccc(OC)cc2)C1. The lowest BCUT2D eigenvalue weighted by Gasteiger charge is -2.19. The van der Waals surface area contributed by atoms with E-state index in [0.717, 1.165) is 30.8 Å². The molecule has 0 radical (unpaired) electrons. The van der Waals surface area contributed by atoms with Crippen molar-refractivity contribution in [2.24, 2.45) is 5.92 Å². The molecule has 7 heteroatoms. The van der Waals surface area contributed by atoms with Gasteiger partial charge in [-0.3, -0.25) is 4.79 Å². The predicted octanol–water partition coefficient (Wildman–Crippen LogP) is 1.76. The Morgan fingerprint density at radius 3 is 2.58 bits per heavy atom. The van der Waals surface area contributed by atoms with Crippen molar-refractivity contribution in [1.29, 1.82) is 0 Å². The number of nitrogens with one attached hydrogen (secondary N) is 2. The minimum absolute atomic E-state index is 0.0729. The second kappa shape index (κ2) is 10.3. The monoisotopic (exact) mass is 379 g/mol. The molecule has 0 aromatic heterocycles. The number of benzene rings is 1. The van der Waals surface area contributed by atoms with Gasteiger partial charge in [0, 0.05) is 45.8 Å². The average Bonchev–Trinajstić information content (AvgIpc) is 3.11. The minimum atomic E-state index is -0.137. The van der Waals surface area contributed by atoms with Gasteiger partial charge in [-0.05, 0) is 43.3 Å². The molecule has 2 atom stereocenters. The standard InChI is InChI=1S/C19H29N3O3S/c1-4-20-19(26)22-12-16(14-6-8-15(25-3)9-7-14)17(13-22)18(23)21-10-5-11-24-2/h6-9,16-17H,4-5,10-13H2,1-3H3,(H,20,26)(H,21,23)/t16-,17+/m0/s1. The fraction of sp³-hybridized carbons (Fsp3) is 0.579. The first-order valence-corrected chi connectivity index (χ1v) is 9.44. The van der Waals surface area contributed by atoms with Crippen LogP contribution in [0.4, 0.5) is 0 Å². The van der Waals surface area contributed by atoms with Gasteiger partial charge in [-0.2, -0.15) is 0 Å². The first-order chi connectivity index (χ1) is 12.6. The fourth-order valence-electron chi connectivity index (χ4n) is 3.25. The quantitative estimate of drug-likeness (QED) is 0.530. The predicted molar refractivity (Wildman–Crippen MR) is 107 cm³/mol. The maximum atomic E-state index is 12.8. The van der Waals surface area contributed by atoms with Gasteiger partial charge < -0.3 is 25.0 Å². The van der Waals surface area contributed by atoms with E-state index in [0.29, 0.717) is 24.8 Å². The Kier molecular flexibility index (Phi) is 8.12. The lowest BCUT2D eigenvalue weighted by Crippen LogP contribution is -2.40. The van der Waals surface area contributed by atoms with Gasteiger partial charge in [0.1, 0.15) is 5.75 Å². The molecular weight excluding hydrogens is 350 g/mol. The zero-order valence-corrected chi connectivity index (χ0v) is 16.6. The number of amides is 1. The number of rotatable bonds is 8. The van der Waals surface area contributed by atoms with Crippen LogP contribution < -0.4 is 15.4 Å². The average molecular weight is 380 g/mol. The summed E-state index contributed by atoms with van der Waals surface area (Å²) in [6.45, 7) is 5.41. The molecule has 2 N–H and O–H groups in total. The molecule has 1 aliphatic rings. The number of carbonyl (C=O) groups excluding carboxylic acids is 1. The molecule has 2 rings (SSSR count). The van der Waals surface area contributed by atoms with Crippen LogP contribution in [0.25, 0.3) is 0 Å². The van der Waals surface area contributed by atoms with E-state index in [4.69, 9.17) is 21.7 Å². The number of hydrogen-bond donors (Lipinski definition) is 2. The molecule has 6 nitrogen and oxygen atoms in total. The van der Waals surface area contributed by atoms with Gasteiger partial charge in [0.05, 0.1) is 13.0 Å². The summed E-state index contributed by atoms with van der Waals surface area (Å²) in [5, 5.41) is 6.93. The zero-order valence-electron chi connectivity index (χ0n) is 15.8. The highest BCUT2D eigenvalue weighted by molar-refractivity contribution is 7.80. The van der Waals surface area contributed by atoms with Gasteiger partial charge in [-0.15, -0.1) is 0 Å². The Morgan fingerprint density at radius 1 is 1.23 bits per heavy atom. The number of nitrogens with zero attached hydrogens (tertiary/aromatic N) is 1. The van der Waals surface area contributed by atoms with Gasteiger partial charge in [-0.25, -0.2) is 0 Å². The summed E-state index contributed by atoms with van der Waals surface area (Å²) < 4.78 is 10.3. The molecule has 0 aliphatic carbocycles.